The van der Waals surface area contributed by atoms with Crippen LogP contribution >= 0.6 is 11.6 Å². The monoisotopic (exact) mass is 591 g/mol. The van der Waals surface area contributed by atoms with Crippen LogP contribution in [0.25, 0.3) is 0 Å². The summed E-state index contributed by atoms with van der Waals surface area (Å²) in [6.07, 6.45) is -5.12. The van der Waals surface area contributed by atoms with Crippen molar-refractivity contribution >= 4 is 48.9 Å². The number of methoxy groups -OCH3 is 1. The fraction of sp³-hybridized carbons (Fsp3) is 0.174. The molecule has 0 bridgehead atoms. The lowest BCUT2D eigenvalue weighted by Gasteiger charge is -2.14. The molecule has 204 valence electrons. The van der Waals surface area contributed by atoms with Crippen LogP contribution in [0.1, 0.15) is 12.0 Å². The summed E-state index contributed by atoms with van der Waals surface area (Å²) in [5, 5.41) is 2.60. The van der Waals surface area contributed by atoms with Gasteiger partial charge in [-0.15, -0.1) is 0 Å². The number of hydrogen-bond donors (Lipinski definition) is 3. The van der Waals surface area contributed by atoms with Crippen LogP contribution in [-0.4, -0.2) is 36.4 Å². The molecule has 0 atom stereocenters. The number of ether oxygens (including phenoxy) is 1. The van der Waals surface area contributed by atoms with Gasteiger partial charge in [0, 0.05) is 18.7 Å². The fourth-order valence-electron chi connectivity index (χ4n) is 3.15. The van der Waals surface area contributed by atoms with Crippen LogP contribution < -0.4 is 19.5 Å². The van der Waals surface area contributed by atoms with Crippen molar-refractivity contribution in [2.75, 3.05) is 23.7 Å². The summed E-state index contributed by atoms with van der Waals surface area (Å²) < 4.78 is 98.8. The number of amides is 1. The van der Waals surface area contributed by atoms with Gasteiger partial charge in [0.15, 0.2) is 0 Å². The number of halogens is 4. The molecule has 1 amide bonds. The highest BCUT2D eigenvalue weighted by Gasteiger charge is 2.31. The zero-order chi connectivity index (χ0) is 28.1. The number of hydrogen-bond acceptors (Lipinski definition) is 6. The third kappa shape index (κ3) is 7.37. The maximum absolute atomic E-state index is 13.0. The van der Waals surface area contributed by atoms with Gasteiger partial charge in [-0.05, 0) is 48.5 Å². The molecule has 3 rings (SSSR count). The molecule has 0 fully saturated rings. The van der Waals surface area contributed by atoms with Gasteiger partial charge in [0.2, 0.25) is 15.9 Å². The molecule has 0 saturated carbocycles. The van der Waals surface area contributed by atoms with Gasteiger partial charge >= 0.3 is 6.18 Å². The van der Waals surface area contributed by atoms with Crippen molar-refractivity contribution in [1.82, 2.24) is 4.72 Å². The van der Waals surface area contributed by atoms with Crippen molar-refractivity contribution in [1.29, 1.82) is 0 Å². The van der Waals surface area contributed by atoms with E-state index in [1.807, 2.05) is 0 Å². The summed E-state index contributed by atoms with van der Waals surface area (Å²) in [6, 6.07) is 13.2. The zero-order valence-electron chi connectivity index (χ0n) is 19.5. The molecule has 0 saturated heterocycles. The lowest BCUT2D eigenvalue weighted by molar-refractivity contribution is -0.137. The van der Waals surface area contributed by atoms with Crippen molar-refractivity contribution in [3.05, 3.63) is 77.3 Å². The summed E-state index contributed by atoms with van der Waals surface area (Å²) in [5.74, 6) is -0.708. The second-order valence-corrected chi connectivity index (χ2v) is 11.5. The van der Waals surface area contributed by atoms with E-state index in [-0.39, 0.29) is 27.0 Å². The van der Waals surface area contributed by atoms with E-state index in [2.05, 4.69) is 14.8 Å². The zero-order valence-corrected chi connectivity index (χ0v) is 21.9. The Balaban J connectivity index is 1.68. The summed E-state index contributed by atoms with van der Waals surface area (Å²) in [4.78, 5) is 11.5. The Morgan fingerprint density at radius 3 is 2.32 bits per heavy atom. The van der Waals surface area contributed by atoms with Gasteiger partial charge in [-0.1, -0.05) is 29.8 Å². The molecular formula is C23H21ClF3N3O6S2. The minimum absolute atomic E-state index is 0.0172. The first kappa shape index (κ1) is 29.2. The molecule has 0 spiro atoms. The first-order valence-corrected chi connectivity index (χ1v) is 14.0. The minimum atomic E-state index is -4.72. The third-order valence-corrected chi connectivity index (χ3v) is 8.15. The quantitative estimate of drug-likeness (QED) is 0.319. The maximum Gasteiger partial charge on any atom is 0.416 e. The number of benzene rings is 3. The Morgan fingerprint density at radius 1 is 0.947 bits per heavy atom. The highest BCUT2D eigenvalue weighted by atomic mass is 35.5. The van der Waals surface area contributed by atoms with Crippen LogP contribution in [0.3, 0.4) is 0 Å². The van der Waals surface area contributed by atoms with Crippen LogP contribution in [0.2, 0.25) is 5.02 Å². The van der Waals surface area contributed by atoms with Gasteiger partial charge in [0.1, 0.15) is 10.6 Å². The Bertz CT molecular complexity index is 1550. The van der Waals surface area contributed by atoms with E-state index in [1.54, 1.807) is 12.1 Å². The van der Waals surface area contributed by atoms with E-state index < -0.39 is 55.6 Å². The van der Waals surface area contributed by atoms with Gasteiger partial charge < -0.3 is 10.1 Å². The Labute approximate surface area is 222 Å². The number of sulfonamides is 2. The molecule has 15 heteroatoms. The second-order valence-electron chi connectivity index (χ2n) is 7.67. The molecule has 0 aliphatic rings. The van der Waals surface area contributed by atoms with Gasteiger partial charge in [-0.3, -0.25) is 9.52 Å². The van der Waals surface area contributed by atoms with Crippen LogP contribution in [0, 0.1) is 0 Å². The minimum Gasteiger partial charge on any atom is -0.495 e. The van der Waals surface area contributed by atoms with Gasteiger partial charge in [0.05, 0.1) is 28.3 Å². The molecular weight excluding hydrogens is 571 g/mol. The average molecular weight is 592 g/mol. The van der Waals surface area contributed by atoms with Gasteiger partial charge in [-0.2, -0.15) is 13.2 Å². The Kier molecular flexibility index (Phi) is 8.92. The number of carbonyl (C=O) groups is 1. The Hall–Kier alpha value is -3.33. The molecule has 0 heterocycles. The fourth-order valence-corrected chi connectivity index (χ4v) is 5.75. The van der Waals surface area contributed by atoms with Crippen molar-refractivity contribution in [2.24, 2.45) is 0 Å². The summed E-state index contributed by atoms with van der Waals surface area (Å²) in [7, 11) is -7.26. The summed E-state index contributed by atoms with van der Waals surface area (Å²) in [6.45, 7) is -0.431. The summed E-state index contributed by atoms with van der Waals surface area (Å²) >= 11 is 6.02. The molecule has 3 aromatic carbocycles. The topological polar surface area (TPSA) is 131 Å². The highest BCUT2D eigenvalue weighted by Crippen LogP contribution is 2.32. The molecule has 0 radical (unpaired) electrons. The standard InChI is InChI=1S/C23H21ClF3N3O6S2/c1-36-20-10-9-16(14-21(20)38(34,35)30-19-8-3-2-7-18(19)24)29-22(31)11-12-28-37(32,33)17-6-4-5-15(13-17)23(25,26)27/h2-10,13-14,28,30H,11-12H2,1H3,(H,29,31). The third-order valence-electron chi connectivity index (χ3n) is 4.97. The number of rotatable bonds is 10. The van der Waals surface area contributed by atoms with Crippen LogP contribution in [0.4, 0.5) is 24.5 Å². The van der Waals surface area contributed by atoms with Crippen LogP contribution in [0.5, 0.6) is 5.75 Å². The van der Waals surface area contributed by atoms with Crippen molar-refractivity contribution < 1.29 is 39.5 Å². The highest BCUT2D eigenvalue weighted by molar-refractivity contribution is 7.92. The molecule has 38 heavy (non-hydrogen) atoms. The first-order chi connectivity index (χ1) is 17.7. The second kappa shape index (κ2) is 11.6. The number of carbonyl (C=O) groups excluding carboxylic acids is 1. The molecule has 0 aliphatic heterocycles. The number of alkyl halides is 3. The van der Waals surface area contributed by atoms with Crippen molar-refractivity contribution in [3.63, 3.8) is 0 Å². The Morgan fingerprint density at radius 2 is 1.66 bits per heavy atom. The summed E-state index contributed by atoms with van der Waals surface area (Å²) in [5.41, 5.74) is -0.942. The lowest BCUT2D eigenvalue weighted by Crippen LogP contribution is -2.28. The van der Waals surface area contributed by atoms with E-state index in [0.29, 0.717) is 6.07 Å². The molecule has 0 unspecified atom stereocenters. The molecule has 3 aromatic rings. The molecule has 0 aromatic heterocycles. The van der Waals surface area contributed by atoms with Crippen LogP contribution in [0.15, 0.2) is 76.5 Å². The average Bonchev–Trinajstić information content (AvgIpc) is 2.85. The predicted octanol–water partition coefficient (Wildman–Crippen LogP) is 4.48. The van der Waals surface area contributed by atoms with E-state index >= 15 is 0 Å². The van der Waals surface area contributed by atoms with Gasteiger partial charge in [-0.25, -0.2) is 21.6 Å². The van der Waals surface area contributed by atoms with Gasteiger partial charge in [0.25, 0.3) is 10.0 Å². The van der Waals surface area contributed by atoms with E-state index in [0.717, 1.165) is 24.3 Å². The van der Waals surface area contributed by atoms with E-state index in [1.165, 1.54) is 31.4 Å². The molecule has 9 nitrogen and oxygen atoms in total. The van der Waals surface area contributed by atoms with Crippen molar-refractivity contribution in [3.8, 4) is 5.75 Å². The molecule has 3 N–H and O–H groups in total. The maximum atomic E-state index is 13.0. The van der Waals surface area contributed by atoms with E-state index in [9.17, 15) is 34.8 Å². The van der Waals surface area contributed by atoms with Crippen LogP contribution in [-0.2, 0) is 31.0 Å². The normalized spacial score (nSPS) is 12.1. The first-order valence-electron chi connectivity index (χ1n) is 10.6. The van der Waals surface area contributed by atoms with Crippen molar-refractivity contribution in [2.45, 2.75) is 22.4 Å². The lowest BCUT2D eigenvalue weighted by atomic mass is 10.2. The predicted molar refractivity (Wildman–Crippen MR) is 135 cm³/mol. The SMILES string of the molecule is COc1ccc(NC(=O)CCNS(=O)(=O)c2cccc(C(F)(F)F)c2)cc1S(=O)(=O)Nc1ccccc1Cl. The largest absolute Gasteiger partial charge is 0.495 e. The molecule has 0 aliphatic carbocycles. The smallest absolute Gasteiger partial charge is 0.416 e. The van der Waals surface area contributed by atoms with E-state index in [4.69, 9.17) is 16.3 Å². The number of nitrogens with one attached hydrogen (secondary N) is 3. The number of anilines is 2. The number of para-hydroxylation sites is 1.